The predicted octanol–water partition coefficient (Wildman–Crippen LogP) is 1.59. The molecule has 88 valence electrons. The summed E-state index contributed by atoms with van der Waals surface area (Å²) in [6, 6.07) is 0.0559. The van der Waals surface area contributed by atoms with Crippen molar-refractivity contribution in [2.75, 3.05) is 11.9 Å². The van der Waals surface area contributed by atoms with Gasteiger partial charge in [0, 0.05) is 12.6 Å². The van der Waals surface area contributed by atoms with E-state index in [0.717, 1.165) is 24.3 Å². The van der Waals surface area contributed by atoms with E-state index in [4.69, 9.17) is 5.11 Å². The third-order valence-electron chi connectivity index (χ3n) is 2.70. The summed E-state index contributed by atoms with van der Waals surface area (Å²) in [5.74, 6) is 0. The first-order valence-corrected chi connectivity index (χ1v) is 5.40. The molecular weight excluding hydrogens is 208 g/mol. The summed E-state index contributed by atoms with van der Waals surface area (Å²) in [5.41, 5.74) is 1.86. The maximum absolute atomic E-state index is 10.7. The van der Waals surface area contributed by atoms with Crippen molar-refractivity contribution in [2.24, 2.45) is 0 Å². The Morgan fingerprint density at radius 3 is 3.12 bits per heavy atom. The lowest BCUT2D eigenvalue weighted by atomic mass is 10.1. The number of carboxylic acid groups (broad SMARTS) is 1. The van der Waals surface area contributed by atoms with Crippen LogP contribution in [0.3, 0.4) is 0 Å². The minimum Gasteiger partial charge on any atom is -0.465 e. The molecule has 1 aromatic rings. The maximum atomic E-state index is 10.7. The standard InChI is InChI=1S/C10H16N4O2/c1-6(2)14-9-7(13-10(15)16)3-4-11-8(9)5-12-14/h5-7,11,13H,3-4H2,1-2H3,(H,15,16). The Labute approximate surface area is 93.6 Å². The van der Waals surface area contributed by atoms with Crippen LogP contribution < -0.4 is 10.6 Å². The van der Waals surface area contributed by atoms with Crippen molar-refractivity contribution >= 4 is 11.8 Å². The van der Waals surface area contributed by atoms with Gasteiger partial charge in [-0.1, -0.05) is 0 Å². The van der Waals surface area contributed by atoms with Gasteiger partial charge in [-0.15, -0.1) is 0 Å². The zero-order valence-electron chi connectivity index (χ0n) is 9.40. The SMILES string of the molecule is CC(C)n1ncc2c1C(NC(=O)O)CCN2. The molecule has 6 heteroatoms. The molecular formula is C10H16N4O2. The number of carbonyl (C=O) groups is 1. The highest BCUT2D eigenvalue weighted by molar-refractivity contribution is 5.66. The Morgan fingerprint density at radius 2 is 2.50 bits per heavy atom. The fourth-order valence-electron chi connectivity index (χ4n) is 2.04. The van der Waals surface area contributed by atoms with Crippen molar-refractivity contribution in [3.05, 3.63) is 11.9 Å². The van der Waals surface area contributed by atoms with Gasteiger partial charge in [0.05, 0.1) is 23.6 Å². The van der Waals surface area contributed by atoms with Crippen LogP contribution in [0.15, 0.2) is 6.20 Å². The molecule has 1 aliphatic rings. The van der Waals surface area contributed by atoms with Crippen LogP contribution in [0.2, 0.25) is 0 Å². The molecule has 2 rings (SSSR count). The van der Waals surface area contributed by atoms with Crippen LogP contribution in [0.25, 0.3) is 0 Å². The second-order valence-corrected chi connectivity index (χ2v) is 4.20. The van der Waals surface area contributed by atoms with E-state index < -0.39 is 6.09 Å². The minimum absolute atomic E-state index is 0.168. The molecule has 0 saturated carbocycles. The van der Waals surface area contributed by atoms with Crippen molar-refractivity contribution in [1.82, 2.24) is 15.1 Å². The summed E-state index contributed by atoms with van der Waals surface area (Å²) in [4.78, 5) is 10.7. The van der Waals surface area contributed by atoms with Gasteiger partial charge in [0.25, 0.3) is 0 Å². The Bertz CT molecular complexity index is 400. The third kappa shape index (κ3) is 1.82. The van der Waals surface area contributed by atoms with Crippen LogP contribution in [-0.4, -0.2) is 27.5 Å². The van der Waals surface area contributed by atoms with Gasteiger partial charge in [-0.05, 0) is 20.3 Å². The van der Waals surface area contributed by atoms with Crippen molar-refractivity contribution in [1.29, 1.82) is 0 Å². The van der Waals surface area contributed by atoms with Gasteiger partial charge < -0.3 is 15.7 Å². The molecule has 1 unspecified atom stereocenters. The molecule has 3 N–H and O–H groups in total. The van der Waals surface area contributed by atoms with E-state index in [0.29, 0.717) is 0 Å². The Morgan fingerprint density at radius 1 is 1.75 bits per heavy atom. The lowest BCUT2D eigenvalue weighted by molar-refractivity contribution is 0.188. The average Bonchev–Trinajstić information content (AvgIpc) is 2.61. The van der Waals surface area contributed by atoms with Crippen molar-refractivity contribution in [3.63, 3.8) is 0 Å². The van der Waals surface area contributed by atoms with Gasteiger partial charge in [0.2, 0.25) is 0 Å². The van der Waals surface area contributed by atoms with Crippen LogP contribution in [-0.2, 0) is 0 Å². The number of nitrogens with one attached hydrogen (secondary N) is 2. The van der Waals surface area contributed by atoms with E-state index >= 15 is 0 Å². The summed E-state index contributed by atoms with van der Waals surface area (Å²) in [7, 11) is 0. The van der Waals surface area contributed by atoms with Crippen LogP contribution in [0.5, 0.6) is 0 Å². The first-order chi connectivity index (χ1) is 7.59. The number of hydrogen-bond donors (Lipinski definition) is 3. The molecule has 0 fully saturated rings. The molecule has 2 heterocycles. The second-order valence-electron chi connectivity index (χ2n) is 4.20. The number of nitrogens with zero attached hydrogens (tertiary/aromatic N) is 2. The molecule has 0 aliphatic carbocycles. The highest BCUT2D eigenvalue weighted by Gasteiger charge is 2.26. The van der Waals surface area contributed by atoms with Gasteiger partial charge in [-0.3, -0.25) is 4.68 Å². The molecule has 1 aromatic heterocycles. The number of anilines is 1. The minimum atomic E-state index is -0.991. The Hall–Kier alpha value is -1.72. The summed E-state index contributed by atoms with van der Waals surface area (Å²) in [5, 5.41) is 18.8. The average molecular weight is 224 g/mol. The molecule has 0 spiro atoms. The van der Waals surface area contributed by atoms with E-state index in [1.54, 1.807) is 6.20 Å². The van der Waals surface area contributed by atoms with Crippen LogP contribution >= 0.6 is 0 Å². The zero-order chi connectivity index (χ0) is 11.7. The Balaban J connectivity index is 2.34. The normalized spacial score (nSPS) is 19.1. The van der Waals surface area contributed by atoms with Crippen LogP contribution in [0, 0.1) is 0 Å². The highest BCUT2D eigenvalue weighted by atomic mass is 16.4. The second kappa shape index (κ2) is 4.03. The van der Waals surface area contributed by atoms with E-state index in [1.807, 2.05) is 18.5 Å². The largest absolute Gasteiger partial charge is 0.465 e. The van der Waals surface area contributed by atoms with E-state index in [-0.39, 0.29) is 12.1 Å². The van der Waals surface area contributed by atoms with Crippen molar-refractivity contribution in [2.45, 2.75) is 32.4 Å². The van der Waals surface area contributed by atoms with Crippen LogP contribution in [0.4, 0.5) is 10.5 Å². The maximum Gasteiger partial charge on any atom is 0.405 e. The predicted molar refractivity (Wildman–Crippen MR) is 59.6 cm³/mol. The molecule has 0 radical (unpaired) electrons. The zero-order valence-corrected chi connectivity index (χ0v) is 9.40. The van der Waals surface area contributed by atoms with E-state index in [1.165, 1.54) is 0 Å². The lowest BCUT2D eigenvalue weighted by Crippen LogP contribution is -2.33. The first kappa shape index (κ1) is 10.8. The number of rotatable bonds is 2. The fraction of sp³-hybridized carbons (Fsp3) is 0.600. The number of fused-ring (bicyclic) bond motifs is 1. The van der Waals surface area contributed by atoms with Crippen molar-refractivity contribution in [3.8, 4) is 0 Å². The molecule has 1 atom stereocenters. The molecule has 1 aliphatic heterocycles. The van der Waals surface area contributed by atoms with Gasteiger partial charge in [0.1, 0.15) is 0 Å². The first-order valence-electron chi connectivity index (χ1n) is 5.40. The number of amides is 1. The van der Waals surface area contributed by atoms with Gasteiger partial charge in [0.15, 0.2) is 0 Å². The van der Waals surface area contributed by atoms with Gasteiger partial charge >= 0.3 is 6.09 Å². The molecule has 16 heavy (non-hydrogen) atoms. The molecule has 0 aromatic carbocycles. The lowest BCUT2D eigenvalue weighted by Gasteiger charge is -2.26. The highest BCUT2D eigenvalue weighted by Crippen LogP contribution is 2.31. The van der Waals surface area contributed by atoms with Crippen LogP contribution in [0.1, 0.15) is 38.0 Å². The molecule has 0 bridgehead atoms. The van der Waals surface area contributed by atoms with Gasteiger partial charge in [-0.25, -0.2) is 4.79 Å². The summed E-state index contributed by atoms with van der Waals surface area (Å²) in [6.07, 6.45) is 1.51. The topological polar surface area (TPSA) is 79.2 Å². The third-order valence-corrected chi connectivity index (χ3v) is 2.70. The molecule has 1 amide bonds. The number of aromatic nitrogens is 2. The quantitative estimate of drug-likeness (QED) is 0.712. The molecule has 6 nitrogen and oxygen atoms in total. The van der Waals surface area contributed by atoms with E-state index in [9.17, 15) is 4.79 Å². The summed E-state index contributed by atoms with van der Waals surface area (Å²) < 4.78 is 1.86. The summed E-state index contributed by atoms with van der Waals surface area (Å²) >= 11 is 0. The smallest absolute Gasteiger partial charge is 0.405 e. The van der Waals surface area contributed by atoms with E-state index in [2.05, 4.69) is 15.7 Å². The monoisotopic (exact) mass is 224 g/mol. The van der Waals surface area contributed by atoms with Crippen molar-refractivity contribution < 1.29 is 9.90 Å². The number of hydrogen-bond acceptors (Lipinski definition) is 3. The fourth-order valence-corrected chi connectivity index (χ4v) is 2.04. The Kier molecular flexibility index (Phi) is 2.72. The summed E-state index contributed by atoms with van der Waals surface area (Å²) in [6.45, 7) is 4.82. The molecule has 0 saturated heterocycles. The van der Waals surface area contributed by atoms with Gasteiger partial charge in [-0.2, -0.15) is 5.10 Å².